The number of halogens is 3. The minimum Gasteiger partial charge on any atom is -0.465 e. The van der Waals surface area contributed by atoms with Crippen LogP contribution in [0.15, 0.2) is 126 Å². The third-order valence-electron chi connectivity index (χ3n) is 10.3. The number of esters is 2. The van der Waals surface area contributed by atoms with Gasteiger partial charge in [0.1, 0.15) is 11.6 Å². The highest BCUT2D eigenvalue weighted by atomic mass is 79.9. The number of benzene rings is 6. The van der Waals surface area contributed by atoms with Gasteiger partial charge in [0.05, 0.1) is 36.7 Å². The van der Waals surface area contributed by atoms with Gasteiger partial charge >= 0.3 is 11.9 Å². The Hall–Kier alpha value is -6.66. The zero-order valence-corrected chi connectivity index (χ0v) is 35.7. The van der Waals surface area contributed by atoms with E-state index in [4.69, 9.17) is 9.47 Å². The Labute approximate surface area is 361 Å². The van der Waals surface area contributed by atoms with Gasteiger partial charge in [-0.25, -0.2) is 18.4 Å². The molecular formula is C49H44BrF2N3O6. The van der Waals surface area contributed by atoms with Crippen molar-refractivity contribution >= 4 is 56.7 Å². The van der Waals surface area contributed by atoms with Gasteiger partial charge in [0.25, 0.3) is 11.8 Å². The van der Waals surface area contributed by atoms with Crippen molar-refractivity contribution in [3.05, 3.63) is 171 Å². The van der Waals surface area contributed by atoms with E-state index in [1.54, 1.807) is 60.7 Å². The molecule has 312 valence electrons. The number of rotatable bonds is 9. The molecule has 1 aliphatic heterocycles. The summed E-state index contributed by atoms with van der Waals surface area (Å²) >= 11 is 3.35. The highest BCUT2D eigenvalue weighted by Gasteiger charge is 2.23. The van der Waals surface area contributed by atoms with E-state index >= 15 is 0 Å². The van der Waals surface area contributed by atoms with Crippen molar-refractivity contribution in [3.8, 4) is 22.3 Å². The maximum atomic E-state index is 14.9. The zero-order chi connectivity index (χ0) is 43.6. The van der Waals surface area contributed by atoms with Crippen LogP contribution >= 0.6 is 15.9 Å². The van der Waals surface area contributed by atoms with Crippen LogP contribution in [0.4, 0.5) is 25.8 Å². The standard InChI is InChI=1S/C27H27FN2O3.C22H17BrFNO3/c1-18-11-12-20(30-13-7-4-8-14-30)15-21(18)26(31)29-25-17-22(19-9-5-3-6-10-19)24(28)16-23(25)27(32)33-2;1-13-8-9-15(23)10-16(13)21(26)25-20-12-17(14-6-4-3-5-7-14)19(24)11-18(20)22(27)28-2/h3,5-6,9-12,15-17H,4,7-8,13-14H2,1-2H3,(H,29,31);3-12H,1-2H3,(H,25,26). The molecule has 0 aromatic heterocycles. The third-order valence-corrected chi connectivity index (χ3v) is 10.8. The van der Waals surface area contributed by atoms with Gasteiger partial charge < -0.3 is 25.0 Å². The van der Waals surface area contributed by atoms with Crippen LogP contribution in [0.25, 0.3) is 22.3 Å². The monoisotopic (exact) mass is 887 g/mol. The fourth-order valence-corrected chi connectivity index (χ4v) is 7.37. The van der Waals surface area contributed by atoms with E-state index in [-0.39, 0.29) is 39.5 Å². The van der Waals surface area contributed by atoms with Gasteiger partial charge in [-0.2, -0.15) is 0 Å². The topological polar surface area (TPSA) is 114 Å². The fourth-order valence-electron chi connectivity index (χ4n) is 7.01. The first-order valence-electron chi connectivity index (χ1n) is 19.6. The van der Waals surface area contributed by atoms with E-state index in [0.29, 0.717) is 22.3 Å². The molecular weight excluding hydrogens is 844 g/mol. The molecule has 0 radical (unpaired) electrons. The second kappa shape index (κ2) is 20.1. The van der Waals surface area contributed by atoms with Gasteiger partial charge in [-0.3, -0.25) is 9.59 Å². The van der Waals surface area contributed by atoms with Gasteiger partial charge in [-0.05, 0) is 104 Å². The number of anilines is 3. The van der Waals surface area contributed by atoms with Crippen molar-refractivity contribution in [1.82, 2.24) is 0 Å². The number of aryl methyl sites for hydroxylation is 2. The molecule has 12 heteroatoms. The first kappa shape index (κ1) is 43.9. The Morgan fingerprint density at radius 1 is 0.557 bits per heavy atom. The molecule has 0 unspecified atom stereocenters. The normalized spacial score (nSPS) is 12.1. The number of piperidine rings is 1. The second-order valence-corrected chi connectivity index (χ2v) is 15.3. The summed E-state index contributed by atoms with van der Waals surface area (Å²) in [6, 6.07) is 34.2. The van der Waals surface area contributed by atoms with E-state index in [2.05, 4.69) is 31.5 Å². The van der Waals surface area contributed by atoms with Crippen molar-refractivity contribution in [1.29, 1.82) is 0 Å². The molecule has 0 spiro atoms. The van der Waals surface area contributed by atoms with Crippen LogP contribution in [-0.4, -0.2) is 51.1 Å². The molecule has 6 aromatic rings. The highest BCUT2D eigenvalue weighted by molar-refractivity contribution is 9.10. The molecule has 0 saturated carbocycles. The zero-order valence-electron chi connectivity index (χ0n) is 34.1. The van der Waals surface area contributed by atoms with Crippen molar-refractivity contribution in [2.24, 2.45) is 0 Å². The van der Waals surface area contributed by atoms with Crippen LogP contribution in [0.1, 0.15) is 71.8 Å². The Morgan fingerprint density at radius 3 is 1.46 bits per heavy atom. The molecule has 9 nitrogen and oxygen atoms in total. The molecule has 1 aliphatic rings. The molecule has 1 heterocycles. The summed E-state index contributed by atoms with van der Waals surface area (Å²) in [6.07, 6.45) is 3.49. The average Bonchev–Trinajstić information content (AvgIpc) is 3.28. The summed E-state index contributed by atoms with van der Waals surface area (Å²) in [7, 11) is 2.43. The Kier molecular flexibility index (Phi) is 14.4. The second-order valence-electron chi connectivity index (χ2n) is 14.4. The van der Waals surface area contributed by atoms with Gasteiger partial charge in [0, 0.05) is 45.5 Å². The molecule has 1 saturated heterocycles. The van der Waals surface area contributed by atoms with Crippen LogP contribution in [0.2, 0.25) is 0 Å². The SMILES string of the molecule is COC(=O)c1cc(F)c(-c2ccccc2)cc1NC(=O)c1cc(Br)ccc1C.COC(=O)c1cc(F)c(-c2ccccc2)cc1NC(=O)c1cc(N2CCCCC2)ccc1C. The van der Waals surface area contributed by atoms with Gasteiger partial charge in [0.15, 0.2) is 0 Å². The maximum Gasteiger partial charge on any atom is 0.340 e. The number of hydrogen-bond acceptors (Lipinski definition) is 7. The van der Waals surface area contributed by atoms with E-state index < -0.39 is 29.5 Å². The number of carbonyl (C=O) groups is 4. The number of amides is 2. The van der Waals surface area contributed by atoms with Crippen molar-refractivity contribution < 1.29 is 37.4 Å². The third kappa shape index (κ3) is 10.6. The van der Waals surface area contributed by atoms with Crippen molar-refractivity contribution in [2.45, 2.75) is 33.1 Å². The fraction of sp³-hybridized carbons (Fsp3) is 0.184. The minimum atomic E-state index is -0.736. The molecule has 0 bridgehead atoms. The van der Waals surface area contributed by atoms with Crippen LogP contribution in [0, 0.1) is 25.5 Å². The minimum absolute atomic E-state index is 0.0344. The lowest BCUT2D eigenvalue weighted by molar-refractivity contribution is 0.0592. The average molecular weight is 889 g/mol. The number of carbonyl (C=O) groups excluding carboxylic acids is 4. The molecule has 7 rings (SSSR count). The number of methoxy groups -OCH3 is 2. The lowest BCUT2D eigenvalue weighted by Gasteiger charge is -2.29. The van der Waals surface area contributed by atoms with E-state index in [9.17, 15) is 28.0 Å². The van der Waals surface area contributed by atoms with Crippen LogP contribution in [-0.2, 0) is 9.47 Å². The van der Waals surface area contributed by atoms with Crippen LogP contribution in [0.5, 0.6) is 0 Å². The predicted octanol–water partition coefficient (Wildman–Crippen LogP) is 11.4. The first-order chi connectivity index (χ1) is 29.4. The molecule has 61 heavy (non-hydrogen) atoms. The lowest BCUT2D eigenvalue weighted by Crippen LogP contribution is -2.29. The molecule has 2 N–H and O–H groups in total. The van der Waals surface area contributed by atoms with E-state index in [1.807, 2.05) is 50.2 Å². The molecule has 1 fully saturated rings. The summed E-state index contributed by atoms with van der Waals surface area (Å²) in [6.45, 7) is 5.61. The summed E-state index contributed by atoms with van der Waals surface area (Å²) in [5, 5.41) is 5.55. The Balaban J connectivity index is 0.000000207. The number of ether oxygens (including phenoxy) is 2. The predicted molar refractivity (Wildman–Crippen MR) is 238 cm³/mol. The molecule has 2 amide bonds. The first-order valence-corrected chi connectivity index (χ1v) is 20.4. The molecule has 0 atom stereocenters. The van der Waals surface area contributed by atoms with Crippen LogP contribution < -0.4 is 15.5 Å². The quantitative estimate of drug-likeness (QED) is 0.139. The number of nitrogens with zero attached hydrogens (tertiary/aromatic N) is 1. The highest BCUT2D eigenvalue weighted by Crippen LogP contribution is 2.32. The smallest absolute Gasteiger partial charge is 0.340 e. The summed E-state index contributed by atoms with van der Waals surface area (Å²) in [4.78, 5) is 52.8. The van der Waals surface area contributed by atoms with Gasteiger partial charge in [-0.15, -0.1) is 0 Å². The van der Waals surface area contributed by atoms with Gasteiger partial charge in [0.2, 0.25) is 0 Å². The lowest BCUT2D eigenvalue weighted by atomic mass is 10.0. The summed E-state index contributed by atoms with van der Waals surface area (Å²) in [5.74, 6) is -3.37. The Morgan fingerprint density at radius 2 is 1.00 bits per heavy atom. The molecule has 6 aromatic carbocycles. The van der Waals surface area contributed by atoms with Crippen LogP contribution in [0.3, 0.4) is 0 Å². The summed E-state index contributed by atoms with van der Waals surface area (Å²) < 4.78 is 39.9. The maximum absolute atomic E-state index is 14.9. The van der Waals surface area contributed by atoms with E-state index in [0.717, 1.165) is 59.4 Å². The largest absolute Gasteiger partial charge is 0.465 e. The Bertz CT molecular complexity index is 2580. The summed E-state index contributed by atoms with van der Waals surface area (Å²) in [5.41, 5.74) is 5.67. The van der Waals surface area contributed by atoms with E-state index in [1.165, 1.54) is 32.8 Å². The van der Waals surface area contributed by atoms with Gasteiger partial charge in [-0.1, -0.05) is 88.7 Å². The number of hydrogen-bond donors (Lipinski definition) is 2. The van der Waals surface area contributed by atoms with Crippen molar-refractivity contribution in [3.63, 3.8) is 0 Å². The van der Waals surface area contributed by atoms with Crippen molar-refractivity contribution in [2.75, 3.05) is 42.8 Å². The molecule has 0 aliphatic carbocycles. The number of nitrogens with one attached hydrogen (secondary N) is 2.